The molecule has 1 N–H and O–H groups in total. The molecule has 0 saturated carbocycles. The van der Waals surface area contributed by atoms with Crippen molar-refractivity contribution in [2.45, 2.75) is 26.2 Å². The highest BCUT2D eigenvalue weighted by Gasteiger charge is 2.15. The number of benzene rings is 3. The Morgan fingerprint density at radius 3 is 2.44 bits per heavy atom. The van der Waals surface area contributed by atoms with E-state index in [2.05, 4.69) is 45.9 Å². The lowest BCUT2D eigenvalue weighted by molar-refractivity contribution is -0.141. The first kappa shape index (κ1) is 23.4. The third kappa shape index (κ3) is 5.22. The molecule has 6 nitrogen and oxygen atoms in total. The molecular formula is C28H31N3O3. The van der Waals surface area contributed by atoms with Crippen LogP contribution in [0.2, 0.25) is 0 Å². The molecule has 4 rings (SSSR count). The van der Waals surface area contributed by atoms with Crippen molar-refractivity contribution in [3.63, 3.8) is 0 Å². The van der Waals surface area contributed by atoms with E-state index in [4.69, 9.17) is 14.8 Å². The second kappa shape index (κ2) is 10.4. The minimum Gasteiger partial charge on any atom is -0.494 e. The molecule has 0 aliphatic rings. The van der Waals surface area contributed by atoms with Crippen LogP contribution in [-0.2, 0) is 4.79 Å². The topological polar surface area (TPSA) is 67.6 Å². The highest BCUT2D eigenvalue weighted by molar-refractivity contribution is 5.84. The molecule has 0 spiro atoms. The molecule has 0 radical (unpaired) electrons. The smallest absolute Gasteiger partial charge is 0.306 e. The summed E-state index contributed by atoms with van der Waals surface area (Å²) in [6.07, 6.45) is 2.30. The van der Waals surface area contributed by atoms with E-state index in [-0.39, 0.29) is 5.92 Å². The zero-order chi connectivity index (χ0) is 24.1. The minimum atomic E-state index is -0.743. The van der Waals surface area contributed by atoms with Crippen molar-refractivity contribution >= 4 is 22.7 Å². The van der Waals surface area contributed by atoms with E-state index in [1.165, 1.54) is 0 Å². The zero-order valence-corrected chi connectivity index (χ0v) is 19.9. The third-order valence-corrected chi connectivity index (χ3v) is 6.00. The van der Waals surface area contributed by atoms with Crippen LogP contribution in [0.3, 0.4) is 0 Å². The molecule has 34 heavy (non-hydrogen) atoms. The first-order valence-corrected chi connectivity index (χ1v) is 11.7. The first-order chi connectivity index (χ1) is 16.4. The van der Waals surface area contributed by atoms with E-state index >= 15 is 0 Å². The van der Waals surface area contributed by atoms with Gasteiger partial charge in [-0.2, -0.15) is 0 Å². The van der Waals surface area contributed by atoms with Gasteiger partial charge in [0.25, 0.3) is 0 Å². The Balaban J connectivity index is 1.63. The Morgan fingerprint density at radius 1 is 1.03 bits per heavy atom. The molecule has 1 unspecified atom stereocenters. The molecule has 0 aliphatic heterocycles. The van der Waals surface area contributed by atoms with Gasteiger partial charge in [-0.3, -0.25) is 9.36 Å². The molecule has 0 fully saturated rings. The van der Waals surface area contributed by atoms with Gasteiger partial charge in [-0.05, 0) is 55.7 Å². The average Bonchev–Trinajstić information content (AvgIpc) is 3.23. The van der Waals surface area contributed by atoms with Crippen molar-refractivity contribution in [1.82, 2.24) is 9.55 Å². The number of ether oxygens (including phenoxy) is 1. The van der Waals surface area contributed by atoms with E-state index in [1.807, 2.05) is 50.5 Å². The normalized spacial score (nSPS) is 12.0. The maximum absolute atomic E-state index is 11.0. The fraction of sp³-hybridized carbons (Fsp3) is 0.286. The Bertz CT molecular complexity index is 1250. The molecule has 4 aromatic rings. The van der Waals surface area contributed by atoms with Crippen LogP contribution < -0.4 is 9.64 Å². The highest BCUT2D eigenvalue weighted by Crippen LogP contribution is 2.31. The average molecular weight is 458 g/mol. The summed E-state index contributed by atoms with van der Waals surface area (Å²) in [7, 11) is 4.06. The van der Waals surface area contributed by atoms with Crippen LogP contribution in [0, 0.1) is 5.92 Å². The molecule has 1 aromatic heterocycles. The predicted molar refractivity (Wildman–Crippen MR) is 137 cm³/mol. The molecule has 3 aromatic carbocycles. The monoisotopic (exact) mass is 457 g/mol. The second-order valence-electron chi connectivity index (χ2n) is 8.78. The fourth-order valence-electron chi connectivity index (χ4n) is 3.95. The van der Waals surface area contributed by atoms with Gasteiger partial charge in [0.15, 0.2) is 0 Å². The molecule has 0 bridgehead atoms. The Hall–Kier alpha value is -3.80. The van der Waals surface area contributed by atoms with Gasteiger partial charge in [-0.15, -0.1) is 0 Å². The molecule has 0 amide bonds. The molecule has 6 heteroatoms. The maximum Gasteiger partial charge on any atom is 0.306 e. The van der Waals surface area contributed by atoms with Crippen LogP contribution in [0.15, 0.2) is 72.8 Å². The minimum absolute atomic E-state index is 0.319. The largest absolute Gasteiger partial charge is 0.494 e. The molecular weight excluding hydrogens is 426 g/mol. The highest BCUT2D eigenvalue weighted by atomic mass is 16.5. The quantitative estimate of drug-likeness (QED) is 0.295. The van der Waals surface area contributed by atoms with Gasteiger partial charge in [0.05, 0.1) is 23.6 Å². The SMILES string of the molecule is CC(CCCCOc1ccc2nc(-c3ccccc3)n(-c3ccc(N(C)C)cc3)c2c1)C(=O)O. The number of anilines is 1. The number of imidazole rings is 1. The van der Waals surface area contributed by atoms with Crippen molar-refractivity contribution in [1.29, 1.82) is 0 Å². The van der Waals surface area contributed by atoms with Gasteiger partial charge in [0.2, 0.25) is 0 Å². The summed E-state index contributed by atoms with van der Waals surface area (Å²) in [5.74, 6) is 0.603. The maximum atomic E-state index is 11.0. The number of carboxylic acid groups (broad SMARTS) is 1. The lowest BCUT2D eigenvalue weighted by Crippen LogP contribution is -2.09. The lowest BCUT2D eigenvalue weighted by atomic mass is 10.1. The third-order valence-electron chi connectivity index (χ3n) is 6.00. The van der Waals surface area contributed by atoms with Crippen LogP contribution in [0.4, 0.5) is 5.69 Å². The second-order valence-corrected chi connectivity index (χ2v) is 8.78. The summed E-state index contributed by atoms with van der Waals surface area (Å²) >= 11 is 0. The summed E-state index contributed by atoms with van der Waals surface area (Å²) in [4.78, 5) is 18.0. The number of rotatable bonds is 10. The van der Waals surface area contributed by atoms with Crippen LogP contribution >= 0.6 is 0 Å². The molecule has 0 saturated heterocycles. The van der Waals surface area contributed by atoms with Crippen molar-refractivity contribution in [3.8, 4) is 22.8 Å². The first-order valence-electron chi connectivity index (χ1n) is 11.7. The summed E-state index contributed by atoms with van der Waals surface area (Å²) in [5.41, 5.74) is 5.10. The lowest BCUT2D eigenvalue weighted by Gasteiger charge is -2.15. The summed E-state index contributed by atoms with van der Waals surface area (Å²) in [6.45, 7) is 2.29. The number of unbranched alkanes of at least 4 members (excludes halogenated alkanes) is 1. The molecule has 176 valence electrons. The van der Waals surface area contributed by atoms with Crippen LogP contribution in [0.5, 0.6) is 5.75 Å². The van der Waals surface area contributed by atoms with Crippen molar-refractivity contribution in [2.24, 2.45) is 5.92 Å². The zero-order valence-electron chi connectivity index (χ0n) is 19.9. The van der Waals surface area contributed by atoms with E-state index in [1.54, 1.807) is 6.92 Å². The van der Waals surface area contributed by atoms with E-state index in [9.17, 15) is 4.79 Å². The number of aromatic nitrogens is 2. The number of fused-ring (bicyclic) bond motifs is 1. The molecule has 1 heterocycles. The summed E-state index contributed by atoms with van der Waals surface area (Å²) in [5, 5.41) is 9.02. The number of hydrogen-bond donors (Lipinski definition) is 1. The summed E-state index contributed by atoms with van der Waals surface area (Å²) in [6, 6.07) is 24.6. The predicted octanol–water partition coefficient (Wildman–Crippen LogP) is 6.03. The van der Waals surface area contributed by atoms with Crippen LogP contribution in [0.25, 0.3) is 28.1 Å². The van der Waals surface area contributed by atoms with E-state index in [0.29, 0.717) is 13.0 Å². The van der Waals surface area contributed by atoms with Crippen LogP contribution in [-0.4, -0.2) is 41.3 Å². The number of hydrogen-bond acceptors (Lipinski definition) is 4. The Kier molecular flexibility index (Phi) is 7.16. The molecule has 0 aliphatic carbocycles. The van der Waals surface area contributed by atoms with Gasteiger partial charge in [-0.1, -0.05) is 37.3 Å². The number of nitrogens with zero attached hydrogens (tertiary/aromatic N) is 3. The summed E-state index contributed by atoms with van der Waals surface area (Å²) < 4.78 is 8.19. The Morgan fingerprint density at radius 2 is 1.76 bits per heavy atom. The molecule has 1 atom stereocenters. The van der Waals surface area contributed by atoms with Crippen molar-refractivity contribution in [3.05, 3.63) is 72.8 Å². The van der Waals surface area contributed by atoms with Gasteiger partial charge >= 0.3 is 5.97 Å². The van der Waals surface area contributed by atoms with Crippen LogP contribution in [0.1, 0.15) is 26.2 Å². The van der Waals surface area contributed by atoms with Crippen molar-refractivity contribution < 1.29 is 14.6 Å². The van der Waals surface area contributed by atoms with Gasteiger partial charge < -0.3 is 14.7 Å². The standard InChI is InChI=1S/C28H31N3O3/c1-20(28(32)33)9-7-8-18-34-24-16-17-25-26(19-24)31(23-14-12-22(13-15-23)30(2)3)27(29-25)21-10-5-4-6-11-21/h4-6,10-17,19-20H,7-9,18H2,1-3H3,(H,32,33). The van der Waals surface area contributed by atoms with Gasteiger partial charge in [0.1, 0.15) is 11.6 Å². The van der Waals surface area contributed by atoms with Gasteiger partial charge in [-0.25, -0.2) is 4.98 Å². The van der Waals surface area contributed by atoms with E-state index in [0.717, 1.165) is 52.4 Å². The fourth-order valence-corrected chi connectivity index (χ4v) is 3.95. The number of aliphatic carboxylic acids is 1. The van der Waals surface area contributed by atoms with E-state index < -0.39 is 5.97 Å². The van der Waals surface area contributed by atoms with Gasteiger partial charge in [0, 0.05) is 37.1 Å². The Labute approximate surface area is 200 Å². The van der Waals surface area contributed by atoms with Crippen molar-refractivity contribution in [2.75, 3.05) is 25.6 Å². The number of carbonyl (C=O) groups is 1. The number of carboxylic acids is 1.